The zero-order valence-corrected chi connectivity index (χ0v) is 17.2. The Morgan fingerprint density at radius 1 is 0.839 bits per heavy atom. The summed E-state index contributed by atoms with van der Waals surface area (Å²) in [6, 6.07) is 20.6. The minimum absolute atomic E-state index is 0.720. The lowest BCUT2D eigenvalue weighted by atomic mass is 9.99. The van der Waals surface area contributed by atoms with Gasteiger partial charge in [-0.05, 0) is 37.1 Å². The van der Waals surface area contributed by atoms with Crippen molar-refractivity contribution in [1.29, 1.82) is 0 Å². The fourth-order valence-corrected chi connectivity index (χ4v) is 4.32. The van der Waals surface area contributed by atoms with Crippen molar-refractivity contribution in [1.82, 2.24) is 24.9 Å². The van der Waals surface area contributed by atoms with Gasteiger partial charge in [-0.3, -0.25) is 4.98 Å². The Morgan fingerprint density at radius 2 is 1.68 bits per heavy atom. The fraction of sp³-hybridized carbons (Fsp3) is 0.120. The van der Waals surface area contributed by atoms with Crippen molar-refractivity contribution >= 4 is 0 Å². The third kappa shape index (κ3) is 2.72. The van der Waals surface area contributed by atoms with Crippen molar-refractivity contribution in [3.05, 3.63) is 83.9 Å². The Labute approximate surface area is 179 Å². The first-order valence-corrected chi connectivity index (χ1v) is 10.2. The Bertz CT molecular complexity index is 1430. The van der Waals surface area contributed by atoms with E-state index < -0.39 is 0 Å². The van der Waals surface area contributed by atoms with Crippen LogP contribution < -0.4 is 0 Å². The van der Waals surface area contributed by atoms with Crippen LogP contribution in [-0.2, 0) is 6.54 Å². The molecule has 0 spiro atoms. The lowest BCUT2D eigenvalue weighted by Crippen LogP contribution is -1.98. The molecule has 0 saturated carbocycles. The van der Waals surface area contributed by atoms with Gasteiger partial charge in [0, 0.05) is 28.6 Å². The second-order valence-electron chi connectivity index (χ2n) is 7.77. The van der Waals surface area contributed by atoms with Crippen LogP contribution in [0.1, 0.15) is 17.0 Å². The van der Waals surface area contributed by atoms with Crippen LogP contribution in [0.5, 0.6) is 0 Å². The molecule has 5 aromatic rings. The number of rotatable bonds is 3. The number of benzene rings is 2. The zero-order chi connectivity index (χ0) is 20.9. The molecule has 2 aromatic carbocycles. The summed E-state index contributed by atoms with van der Waals surface area (Å²) < 4.78 is 7.71. The Kier molecular flexibility index (Phi) is 3.86. The summed E-state index contributed by atoms with van der Waals surface area (Å²) in [6.07, 6.45) is 1.82. The number of pyridine rings is 1. The Hall–Kier alpha value is -4.06. The normalized spacial score (nSPS) is 12.1. The van der Waals surface area contributed by atoms with Gasteiger partial charge in [0.2, 0.25) is 0 Å². The minimum Gasteiger partial charge on any atom is -0.360 e. The van der Waals surface area contributed by atoms with Gasteiger partial charge in [0.15, 0.2) is 11.6 Å². The molecule has 0 bridgehead atoms. The summed E-state index contributed by atoms with van der Waals surface area (Å²) in [5.74, 6) is 2.38. The molecule has 6 nitrogen and oxygen atoms in total. The van der Waals surface area contributed by atoms with Crippen LogP contribution in [-0.4, -0.2) is 24.9 Å². The zero-order valence-electron chi connectivity index (χ0n) is 17.2. The van der Waals surface area contributed by atoms with Gasteiger partial charge in [-0.1, -0.05) is 53.7 Å². The summed E-state index contributed by atoms with van der Waals surface area (Å²) in [5.41, 5.74) is 8.28. The largest absolute Gasteiger partial charge is 0.360 e. The molecule has 0 unspecified atom stereocenters. The summed E-state index contributed by atoms with van der Waals surface area (Å²) >= 11 is 0. The Morgan fingerprint density at radius 3 is 2.52 bits per heavy atom. The lowest BCUT2D eigenvalue weighted by Gasteiger charge is -2.07. The number of aromatic nitrogens is 5. The van der Waals surface area contributed by atoms with Crippen LogP contribution >= 0.6 is 0 Å². The summed E-state index contributed by atoms with van der Waals surface area (Å²) in [5, 5.41) is 13.4. The Balaban J connectivity index is 1.48. The number of aryl methyl sites for hydroxylation is 2. The van der Waals surface area contributed by atoms with Crippen molar-refractivity contribution in [3.8, 4) is 45.2 Å². The van der Waals surface area contributed by atoms with Crippen molar-refractivity contribution in [2.24, 2.45) is 0 Å². The molecule has 0 radical (unpaired) electrons. The molecule has 0 saturated heterocycles. The molecular formula is C25H19N5O. The quantitative estimate of drug-likeness (QED) is 0.399. The molecule has 6 rings (SSSR count). The summed E-state index contributed by atoms with van der Waals surface area (Å²) in [7, 11) is 0. The van der Waals surface area contributed by atoms with Crippen LogP contribution in [0.3, 0.4) is 0 Å². The second kappa shape index (κ2) is 6.74. The predicted molar refractivity (Wildman–Crippen MR) is 118 cm³/mol. The highest BCUT2D eigenvalue weighted by Crippen LogP contribution is 2.40. The fourth-order valence-electron chi connectivity index (χ4n) is 4.32. The van der Waals surface area contributed by atoms with Gasteiger partial charge in [0.1, 0.15) is 11.5 Å². The highest BCUT2D eigenvalue weighted by molar-refractivity contribution is 5.82. The van der Waals surface area contributed by atoms with Gasteiger partial charge in [0.05, 0.1) is 12.1 Å². The van der Waals surface area contributed by atoms with E-state index >= 15 is 0 Å². The van der Waals surface area contributed by atoms with Crippen LogP contribution in [0.4, 0.5) is 0 Å². The van der Waals surface area contributed by atoms with E-state index in [2.05, 4.69) is 49.2 Å². The molecule has 3 aromatic heterocycles. The van der Waals surface area contributed by atoms with Crippen LogP contribution in [0.15, 0.2) is 71.4 Å². The van der Waals surface area contributed by atoms with Gasteiger partial charge in [-0.2, -0.15) is 0 Å². The molecule has 1 aliphatic rings. The molecule has 0 aliphatic carbocycles. The summed E-state index contributed by atoms with van der Waals surface area (Å²) in [4.78, 5) is 4.43. The smallest absolute Gasteiger partial charge is 0.170 e. The van der Waals surface area contributed by atoms with Gasteiger partial charge in [-0.25, -0.2) is 0 Å². The highest BCUT2D eigenvalue weighted by Gasteiger charge is 2.29. The van der Waals surface area contributed by atoms with Gasteiger partial charge in [0.25, 0.3) is 0 Å². The van der Waals surface area contributed by atoms with E-state index in [0.29, 0.717) is 0 Å². The van der Waals surface area contributed by atoms with Crippen molar-refractivity contribution in [2.75, 3.05) is 0 Å². The molecule has 6 heteroatoms. The van der Waals surface area contributed by atoms with Crippen LogP contribution in [0.2, 0.25) is 0 Å². The number of hydrogen-bond donors (Lipinski definition) is 0. The highest BCUT2D eigenvalue weighted by atomic mass is 16.5. The molecule has 0 N–H and O–H groups in total. The first-order valence-electron chi connectivity index (χ1n) is 10.2. The van der Waals surface area contributed by atoms with Crippen molar-refractivity contribution in [2.45, 2.75) is 20.4 Å². The molecule has 4 heterocycles. The number of fused-ring (bicyclic) bond motifs is 3. The molecule has 0 fully saturated rings. The molecular weight excluding hydrogens is 386 g/mol. The molecule has 1 aliphatic heterocycles. The van der Waals surface area contributed by atoms with Crippen LogP contribution in [0, 0.1) is 13.8 Å². The van der Waals surface area contributed by atoms with Gasteiger partial charge < -0.3 is 9.09 Å². The van der Waals surface area contributed by atoms with E-state index in [-0.39, 0.29) is 0 Å². The average Bonchev–Trinajstić information content (AvgIpc) is 3.48. The maximum atomic E-state index is 5.56. The van der Waals surface area contributed by atoms with Gasteiger partial charge in [-0.15, -0.1) is 10.2 Å². The standard InChI is InChI=1S/C25H19N5O/c1-15-20(9-6-12-26-15)18-10-11-19-14-30-24(21(19)13-18)27-28-25(30)22-16(2)31-29-23(22)17-7-4-3-5-8-17/h3-13H,14H2,1-2H3. The first-order chi connectivity index (χ1) is 15.2. The molecule has 0 amide bonds. The third-order valence-corrected chi connectivity index (χ3v) is 5.88. The number of hydrogen-bond acceptors (Lipinski definition) is 5. The molecule has 0 atom stereocenters. The summed E-state index contributed by atoms with van der Waals surface area (Å²) in [6.45, 7) is 4.67. The SMILES string of the molecule is Cc1ncccc1-c1ccc2c(c1)-c1nnc(-c3c(-c4ccccc4)noc3C)n1C2. The van der Waals surface area contributed by atoms with Gasteiger partial charge >= 0.3 is 0 Å². The van der Waals surface area contributed by atoms with E-state index in [1.165, 1.54) is 5.56 Å². The lowest BCUT2D eigenvalue weighted by molar-refractivity contribution is 0.400. The monoisotopic (exact) mass is 405 g/mol. The predicted octanol–water partition coefficient (Wildman–Crippen LogP) is 5.31. The van der Waals surface area contributed by atoms with E-state index in [4.69, 9.17) is 4.52 Å². The van der Waals surface area contributed by atoms with Crippen molar-refractivity contribution < 1.29 is 4.52 Å². The van der Waals surface area contributed by atoms with Crippen molar-refractivity contribution in [3.63, 3.8) is 0 Å². The maximum Gasteiger partial charge on any atom is 0.170 e. The first kappa shape index (κ1) is 17.8. The van der Waals surface area contributed by atoms with E-state index in [1.54, 1.807) is 0 Å². The van der Waals surface area contributed by atoms with E-state index in [9.17, 15) is 0 Å². The number of nitrogens with zero attached hydrogens (tertiary/aromatic N) is 5. The average molecular weight is 405 g/mol. The third-order valence-electron chi connectivity index (χ3n) is 5.88. The van der Waals surface area contributed by atoms with E-state index in [0.717, 1.165) is 63.2 Å². The topological polar surface area (TPSA) is 69.6 Å². The second-order valence-corrected chi connectivity index (χ2v) is 7.77. The molecule has 150 valence electrons. The van der Waals surface area contributed by atoms with Crippen LogP contribution in [0.25, 0.3) is 45.2 Å². The van der Waals surface area contributed by atoms with E-state index in [1.807, 2.05) is 56.4 Å². The molecule has 31 heavy (non-hydrogen) atoms. The minimum atomic E-state index is 0.720. The maximum absolute atomic E-state index is 5.56.